The Morgan fingerprint density at radius 2 is 1.79 bits per heavy atom. The quantitative estimate of drug-likeness (QED) is 0.616. The summed E-state index contributed by atoms with van der Waals surface area (Å²) in [4.78, 5) is 9.03. The molecule has 0 saturated heterocycles. The summed E-state index contributed by atoms with van der Waals surface area (Å²) < 4.78 is 18.3. The Balaban J connectivity index is 1.72. The first-order valence-electron chi connectivity index (χ1n) is 9.75. The van der Waals surface area contributed by atoms with Gasteiger partial charge in [0, 0.05) is 18.2 Å². The largest absolute Gasteiger partial charge is 0.493 e. The lowest BCUT2D eigenvalue weighted by molar-refractivity contribution is 0.325. The molecule has 1 aliphatic carbocycles. The molecule has 1 aliphatic rings. The Bertz CT molecular complexity index is 964. The van der Waals surface area contributed by atoms with Crippen molar-refractivity contribution in [2.24, 2.45) is 5.92 Å². The summed E-state index contributed by atoms with van der Waals surface area (Å²) in [7, 11) is 4.83. The number of aromatic nitrogens is 4. The van der Waals surface area contributed by atoms with Gasteiger partial charge in [-0.2, -0.15) is 9.50 Å². The number of hydrogen-bond acceptors (Lipinski definition) is 6. The Labute approximate surface area is 164 Å². The molecule has 0 spiro atoms. The van der Waals surface area contributed by atoms with E-state index in [0.717, 1.165) is 35.8 Å². The van der Waals surface area contributed by atoms with Crippen LogP contribution >= 0.6 is 0 Å². The van der Waals surface area contributed by atoms with E-state index >= 15 is 0 Å². The summed E-state index contributed by atoms with van der Waals surface area (Å²) in [5.74, 6) is 4.00. The highest BCUT2D eigenvalue weighted by atomic mass is 16.5. The van der Waals surface area contributed by atoms with Crippen LogP contribution < -0.4 is 14.2 Å². The van der Waals surface area contributed by atoms with Gasteiger partial charge in [-0.25, -0.2) is 4.98 Å². The molecule has 2 aromatic heterocycles. The molecule has 0 aliphatic heterocycles. The maximum Gasteiger partial charge on any atom is 0.252 e. The molecule has 28 heavy (non-hydrogen) atoms. The molecule has 0 amide bonds. The van der Waals surface area contributed by atoms with E-state index in [2.05, 4.69) is 9.97 Å². The molecule has 1 saturated carbocycles. The van der Waals surface area contributed by atoms with Gasteiger partial charge in [0.15, 0.2) is 17.3 Å². The Kier molecular flexibility index (Phi) is 5.32. The Morgan fingerprint density at radius 1 is 1.00 bits per heavy atom. The molecule has 0 unspecified atom stereocenters. The highest BCUT2D eigenvalue weighted by Crippen LogP contribution is 2.44. The summed E-state index contributed by atoms with van der Waals surface area (Å²) in [5.41, 5.74) is 1.70. The molecule has 1 aromatic carbocycles. The molecule has 2 heterocycles. The topological polar surface area (TPSA) is 70.8 Å². The standard InChI is InChI=1S/C21H26N4O3/c1-26-17-10-9-15(19(27-2)20(17)28-3)16-12-13-22-21-23-18(24-25(16)21)11-8-14-6-4-5-7-14/h9-10,12-14H,4-8,11H2,1-3H3. The summed E-state index contributed by atoms with van der Waals surface area (Å²) in [6.07, 6.45) is 9.15. The van der Waals surface area contributed by atoms with Gasteiger partial charge in [-0.3, -0.25) is 0 Å². The minimum atomic E-state index is 0.550. The van der Waals surface area contributed by atoms with Crippen molar-refractivity contribution in [1.82, 2.24) is 19.6 Å². The SMILES string of the molecule is COc1ccc(-c2ccnc3nc(CCC4CCCC4)nn23)c(OC)c1OC. The molecular weight excluding hydrogens is 356 g/mol. The number of aryl methyl sites for hydroxylation is 1. The first-order valence-corrected chi connectivity index (χ1v) is 9.75. The average molecular weight is 382 g/mol. The normalized spacial score (nSPS) is 14.5. The fourth-order valence-electron chi connectivity index (χ4n) is 4.08. The molecule has 0 radical (unpaired) electrons. The highest BCUT2D eigenvalue weighted by Gasteiger charge is 2.21. The second-order valence-corrected chi connectivity index (χ2v) is 7.14. The van der Waals surface area contributed by atoms with E-state index in [1.165, 1.54) is 25.7 Å². The number of hydrogen-bond donors (Lipinski definition) is 0. The number of methoxy groups -OCH3 is 3. The molecule has 7 heteroatoms. The van der Waals surface area contributed by atoms with Crippen molar-refractivity contribution in [2.45, 2.75) is 38.5 Å². The monoisotopic (exact) mass is 382 g/mol. The third-order valence-electron chi connectivity index (χ3n) is 5.52. The Hall–Kier alpha value is -2.83. The second-order valence-electron chi connectivity index (χ2n) is 7.14. The second kappa shape index (κ2) is 8.04. The van der Waals surface area contributed by atoms with Crippen molar-refractivity contribution in [3.8, 4) is 28.5 Å². The average Bonchev–Trinajstić information content (AvgIpc) is 3.39. The van der Waals surface area contributed by atoms with Crippen molar-refractivity contribution in [1.29, 1.82) is 0 Å². The summed E-state index contributed by atoms with van der Waals surface area (Å²) in [5, 5.41) is 4.74. The summed E-state index contributed by atoms with van der Waals surface area (Å²) in [6, 6.07) is 5.71. The maximum absolute atomic E-state index is 5.65. The minimum Gasteiger partial charge on any atom is -0.493 e. The zero-order valence-electron chi connectivity index (χ0n) is 16.6. The fourth-order valence-corrected chi connectivity index (χ4v) is 4.08. The van der Waals surface area contributed by atoms with E-state index in [-0.39, 0.29) is 0 Å². The molecule has 7 nitrogen and oxygen atoms in total. The van der Waals surface area contributed by atoms with Crippen LogP contribution in [0.3, 0.4) is 0 Å². The zero-order chi connectivity index (χ0) is 19.5. The molecule has 0 N–H and O–H groups in total. The molecule has 148 valence electrons. The van der Waals surface area contributed by atoms with Gasteiger partial charge in [0.05, 0.1) is 27.0 Å². The van der Waals surface area contributed by atoms with E-state index < -0.39 is 0 Å². The minimum absolute atomic E-state index is 0.550. The van der Waals surface area contributed by atoms with E-state index in [4.69, 9.17) is 19.3 Å². The van der Waals surface area contributed by atoms with Gasteiger partial charge in [-0.05, 0) is 30.5 Å². The van der Waals surface area contributed by atoms with Crippen LogP contribution in [0.5, 0.6) is 17.2 Å². The summed E-state index contributed by atoms with van der Waals surface area (Å²) in [6.45, 7) is 0. The van der Waals surface area contributed by atoms with Crippen LogP contribution in [0.25, 0.3) is 17.0 Å². The molecule has 3 aromatic rings. The van der Waals surface area contributed by atoms with E-state index in [1.54, 1.807) is 32.0 Å². The molecule has 4 rings (SSSR count). The van der Waals surface area contributed by atoms with Crippen LogP contribution in [-0.4, -0.2) is 40.9 Å². The van der Waals surface area contributed by atoms with Crippen molar-refractivity contribution in [3.05, 3.63) is 30.2 Å². The van der Waals surface area contributed by atoms with Crippen molar-refractivity contribution >= 4 is 5.78 Å². The predicted molar refractivity (Wildman–Crippen MR) is 106 cm³/mol. The van der Waals surface area contributed by atoms with E-state index in [9.17, 15) is 0 Å². The van der Waals surface area contributed by atoms with Gasteiger partial charge in [0.1, 0.15) is 0 Å². The van der Waals surface area contributed by atoms with Gasteiger partial charge in [-0.15, -0.1) is 5.10 Å². The van der Waals surface area contributed by atoms with Crippen LogP contribution in [-0.2, 0) is 6.42 Å². The number of nitrogens with zero attached hydrogens (tertiary/aromatic N) is 4. The third kappa shape index (κ3) is 3.37. The van der Waals surface area contributed by atoms with Crippen LogP contribution in [0.1, 0.15) is 37.9 Å². The molecule has 0 atom stereocenters. The fraction of sp³-hybridized carbons (Fsp3) is 0.476. The van der Waals surface area contributed by atoms with Crippen molar-refractivity contribution < 1.29 is 14.2 Å². The van der Waals surface area contributed by atoms with Gasteiger partial charge < -0.3 is 14.2 Å². The smallest absolute Gasteiger partial charge is 0.252 e. The van der Waals surface area contributed by atoms with Crippen LogP contribution in [0.4, 0.5) is 0 Å². The number of ether oxygens (including phenoxy) is 3. The Morgan fingerprint density at radius 3 is 2.50 bits per heavy atom. The van der Waals surface area contributed by atoms with E-state index in [0.29, 0.717) is 23.0 Å². The van der Waals surface area contributed by atoms with Gasteiger partial charge in [0.25, 0.3) is 5.78 Å². The summed E-state index contributed by atoms with van der Waals surface area (Å²) >= 11 is 0. The van der Waals surface area contributed by atoms with Crippen LogP contribution in [0, 0.1) is 5.92 Å². The van der Waals surface area contributed by atoms with Crippen LogP contribution in [0.15, 0.2) is 24.4 Å². The first kappa shape index (κ1) is 18.5. The highest BCUT2D eigenvalue weighted by molar-refractivity contribution is 5.75. The lowest BCUT2D eigenvalue weighted by Gasteiger charge is -2.16. The molecular formula is C21H26N4O3. The van der Waals surface area contributed by atoms with Crippen molar-refractivity contribution in [3.63, 3.8) is 0 Å². The van der Waals surface area contributed by atoms with E-state index in [1.807, 2.05) is 18.2 Å². The lowest BCUT2D eigenvalue weighted by atomic mass is 10.0. The number of fused-ring (bicyclic) bond motifs is 1. The zero-order valence-corrected chi connectivity index (χ0v) is 16.6. The van der Waals surface area contributed by atoms with Gasteiger partial charge >= 0.3 is 0 Å². The predicted octanol–water partition coefficient (Wildman–Crippen LogP) is 3.94. The maximum atomic E-state index is 5.65. The van der Waals surface area contributed by atoms with Crippen molar-refractivity contribution in [2.75, 3.05) is 21.3 Å². The first-order chi connectivity index (χ1) is 13.7. The third-order valence-corrected chi connectivity index (χ3v) is 5.52. The lowest BCUT2D eigenvalue weighted by Crippen LogP contribution is -2.01. The number of benzene rings is 1. The molecule has 1 fully saturated rings. The van der Waals surface area contributed by atoms with Crippen LogP contribution in [0.2, 0.25) is 0 Å². The van der Waals surface area contributed by atoms with Gasteiger partial charge in [-0.1, -0.05) is 25.7 Å². The number of rotatable bonds is 7. The van der Waals surface area contributed by atoms with Gasteiger partial charge in [0.2, 0.25) is 5.75 Å². The molecule has 0 bridgehead atoms.